The number of nitrogens with one attached hydrogen (secondary N) is 1. The minimum Gasteiger partial charge on any atom is -0.373 e. The van der Waals surface area contributed by atoms with E-state index in [9.17, 15) is 0 Å². The van der Waals surface area contributed by atoms with Crippen LogP contribution in [-0.2, 0) is 0 Å². The summed E-state index contributed by atoms with van der Waals surface area (Å²) < 4.78 is 4.41. The topological polar surface area (TPSA) is 24.9 Å². The minimum absolute atomic E-state index is 0.0398. The van der Waals surface area contributed by atoms with Crippen LogP contribution in [0, 0.1) is 0 Å². The molecular weight excluding hydrogens is 276 g/mol. The maximum Gasteiger partial charge on any atom is 0.117 e. The first kappa shape index (κ1) is 12.5. The molecule has 1 atom stereocenters. The molecule has 0 spiro atoms. The fraction of sp³-hybridized carbons (Fsp3) is 0.133. The lowest BCUT2D eigenvalue weighted by Gasteiger charge is -2.10. The molecule has 0 radical (unpaired) electrons. The maximum absolute atomic E-state index is 6.40. The zero-order valence-corrected chi connectivity index (χ0v) is 11.8. The van der Waals surface area contributed by atoms with Crippen molar-refractivity contribution in [1.82, 2.24) is 4.37 Å². The number of benzene rings is 2. The van der Waals surface area contributed by atoms with Gasteiger partial charge in [0, 0.05) is 11.9 Å². The Morgan fingerprint density at radius 1 is 1.05 bits per heavy atom. The summed E-state index contributed by atoms with van der Waals surface area (Å²) in [5, 5.41) is 5.59. The molecule has 0 fully saturated rings. The first-order chi connectivity index (χ1) is 9.34. The SMILES string of the molecule is ClC(CNc1snc2ccccc12)c1ccccc1. The average molecular weight is 289 g/mol. The number of hydrogen-bond donors (Lipinski definition) is 1. The number of rotatable bonds is 4. The number of fused-ring (bicyclic) bond motifs is 1. The van der Waals surface area contributed by atoms with Gasteiger partial charge in [0.25, 0.3) is 0 Å². The minimum atomic E-state index is -0.0398. The molecule has 0 aliphatic heterocycles. The molecule has 0 saturated carbocycles. The fourth-order valence-electron chi connectivity index (χ4n) is 1.98. The van der Waals surface area contributed by atoms with Gasteiger partial charge in [0.15, 0.2) is 0 Å². The summed E-state index contributed by atoms with van der Waals surface area (Å²) >= 11 is 7.88. The average Bonchev–Trinajstić information content (AvgIpc) is 2.89. The van der Waals surface area contributed by atoms with Crippen LogP contribution < -0.4 is 5.32 Å². The van der Waals surface area contributed by atoms with Gasteiger partial charge in [-0.25, -0.2) is 0 Å². The molecule has 0 saturated heterocycles. The number of aromatic nitrogens is 1. The van der Waals surface area contributed by atoms with E-state index in [1.165, 1.54) is 11.5 Å². The lowest BCUT2D eigenvalue weighted by Crippen LogP contribution is -2.07. The van der Waals surface area contributed by atoms with Crippen molar-refractivity contribution < 1.29 is 0 Å². The van der Waals surface area contributed by atoms with E-state index in [0.717, 1.165) is 21.5 Å². The van der Waals surface area contributed by atoms with Gasteiger partial charge in [-0.1, -0.05) is 42.5 Å². The van der Waals surface area contributed by atoms with E-state index in [2.05, 4.69) is 15.8 Å². The third kappa shape index (κ3) is 2.72. The van der Waals surface area contributed by atoms with Crippen molar-refractivity contribution >= 4 is 39.0 Å². The van der Waals surface area contributed by atoms with Gasteiger partial charge in [0.1, 0.15) is 5.00 Å². The first-order valence-electron chi connectivity index (χ1n) is 6.12. The van der Waals surface area contributed by atoms with Gasteiger partial charge < -0.3 is 5.32 Å². The summed E-state index contributed by atoms with van der Waals surface area (Å²) in [4.78, 5) is 0. The molecule has 1 aromatic heterocycles. The summed E-state index contributed by atoms with van der Waals surface area (Å²) in [7, 11) is 0. The Kier molecular flexibility index (Phi) is 3.67. The molecule has 1 unspecified atom stereocenters. The lowest BCUT2D eigenvalue weighted by atomic mass is 10.1. The third-order valence-corrected chi connectivity index (χ3v) is 4.23. The molecule has 0 amide bonds. The van der Waals surface area contributed by atoms with E-state index in [-0.39, 0.29) is 5.38 Å². The summed E-state index contributed by atoms with van der Waals surface area (Å²) in [5.41, 5.74) is 2.16. The second kappa shape index (κ2) is 5.59. The Morgan fingerprint density at radius 3 is 2.63 bits per heavy atom. The molecule has 1 heterocycles. The highest BCUT2D eigenvalue weighted by molar-refractivity contribution is 7.11. The summed E-state index contributed by atoms with van der Waals surface area (Å²) in [5.74, 6) is 0. The molecule has 0 aliphatic carbocycles. The van der Waals surface area contributed by atoms with Crippen LogP contribution in [0.5, 0.6) is 0 Å². The van der Waals surface area contributed by atoms with Gasteiger partial charge in [-0.05, 0) is 29.2 Å². The smallest absolute Gasteiger partial charge is 0.117 e. The van der Waals surface area contributed by atoms with Crippen LogP contribution in [0.1, 0.15) is 10.9 Å². The van der Waals surface area contributed by atoms with Crippen molar-refractivity contribution in [2.75, 3.05) is 11.9 Å². The van der Waals surface area contributed by atoms with E-state index >= 15 is 0 Å². The highest BCUT2D eigenvalue weighted by Gasteiger charge is 2.09. The molecule has 96 valence electrons. The molecular formula is C15H13ClN2S. The normalized spacial score (nSPS) is 12.5. The molecule has 3 aromatic rings. The molecule has 4 heteroatoms. The number of anilines is 1. The Balaban J connectivity index is 1.73. The van der Waals surface area contributed by atoms with Crippen molar-refractivity contribution in [3.05, 3.63) is 60.2 Å². The summed E-state index contributed by atoms with van der Waals surface area (Å²) in [6.45, 7) is 0.692. The number of halogens is 1. The molecule has 0 aliphatic rings. The van der Waals surface area contributed by atoms with Crippen LogP contribution in [0.15, 0.2) is 54.6 Å². The second-order valence-electron chi connectivity index (χ2n) is 4.29. The van der Waals surface area contributed by atoms with Gasteiger partial charge in [-0.15, -0.1) is 11.6 Å². The van der Waals surface area contributed by atoms with Crippen molar-refractivity contribution in [3.63, 3.8) is 0 Å². The summed E-state index contributed by atoms with van der Waals surface area (Å²) in [6.07, 6.45) is 0. The molecule has 2 aromatic carbocycles. The first-order valence-corrected chi connectivity index (χ1v) is 7.33. The van der Waals surface area contributed by atoms with Gasteiger partial charge >= 0.3 is 0 Å². The maximum atomic E-state index is 6.40. The number of nitrogens with zero attached hydrogens (tertiary/aromatic N) is 1. The molecule has 3 rings (SSSR count). The lowest BCUT2D eigenvalue weighted by molar-refractivity contribution is 0.983. The van der Waals surface area contributed by atoms with Gasteiger partial charge in [-0.2, -0.15) is 4.37 Å². The predicted molar refractivity (Wildman–Crippen MR) is 83.1 cm³/mol. The van der Waals surface area contributed by atoms with Crippen LogP contribution in [0.4, 0.5) is 5.00 Å². The van der Waals surface area contributed by atoms with E-state index in [0.29, 0.717) is 6.54 Å². The standard InChI is InChI=1S/C15H13ClN2S/c16-13(11-6-2-1-3-7-11)10-17-15-12-8-4-5-9-14(12)18-19-15/h1-9,13,17H,10H2. The van der Waals surface area contributed by atoms with Crippen LogP contribution in [0.25, 0.3) is 10.9 Å². The van der Waals surface area contributed by atoms with Crippen LogP contribution in [-0.4, -0.2) is 10.9 Å². The second-order valence-corrected chi connectivity index (χ2v) is 5.59. The number of hydrogen-bond acceptors (Lipinski definition) is 3. The Bertz CT molecular complexity index is 666. The quantitative estimate of drug-likeness (QED) is 0.705. The van der Waals surface area contributed by atoms with E-state index in [1.54, 1.807) is 0 Å². The Morgan fingerprint density at radius 2 is 1.79 bits per heavy atom. The van der Waals surface area contributed by atoms with Gasteiger partial charge in [0.05, 0.1) is 10.9 Å². The molecule has 1 N–H and O–H groups in total. The third-order valence-electron chi connectivity index (χ3n) is 2.99. The highest BCUT2D eigenvalue weighted by Crippen LogP contribution is 2.29. The number of alkyl halides is 1. The van der Waals surface area contributed by atoms with Crippen LogP contribution in [0.2, 0.25) is 0 Å². The summed E-state index contributed by atoms with van der Waals surface area (Å²) in [6, 6.07) is 18.2. The predicted octanol–water partition coefficient (Wildman–Crippen LogP) is 4.69. The Hall–Kier alpha value is -1.58. The zero-order valence-electron chi connectivity index (χ0n) is 10.2. The van der Waals surface area contributed by atoms with E-state index in [4.69, 9.17) is 11.6 Å². The van der Waals surface area contributed by atoms with E-state index in [1.807, 2.05) is 48.5 Å². The van der Waals surface area contributed by atoms with Gasteiger partial charge in [-0.3, -0.25) is 0 Å². The highest BCUT2D eigenvalue weighted by atomic mass is 35.5. The molecule has 0 bridgehead atoms. The van der Waals surface area contributed by atoms with Crippen molar-refractivity contribution in [2.24, 2.45) is 0 Å². The Labute approximate surface area is 121 Å². The van der Waals surface area contributed by atoms with Gasteiger partial charge in [0.2, 0.25) is 0 Å². The molecule has 2 nitrogen and oxygen atoms in total. The van der Waals surface area contributed by atoms with E-state index < -0.39 is 0 Å². The van der Waals surface area contributed by atoms with Crippen molar-refractivity contribution in [1.29, 1.82) is 0 Å². The largest absolute Gasteiger partial charge is 0.373 e. The van der Waals surface area contributed by atoms with Crippen molar-refractivity contribution in [3.8, 4) is 0 Å². The van der Waals surface area contributed by atoms with Crippen molar-refractivity contribution in [2.45, 2.75) is 5.38 Å². The fourth-order valence-corrected chi connectivity index (χ4v) is 2.97. The molecule has 19 heavy (non-hydrogen) atoms. The van der Waals surface area contributed by atoms with Crippen LogP contribution in [0.3, 0.4) is 0 Å². The monoisotopic (exact) mass is 288 g/mol. The van der Waals surface area contributed by atoms with Crippen LogP contribution >= 0.6 is 23.1 Å². The zero-order chi connectivity index (χ0) is 13.1.